The number of thiazole rings is 1. The molecular formula is C9H6ClN5OS. The molecule has 3 rings (SSSR count). The number of anilines is 3. The Balaban J connectivity index is 2.24. The van der Waals surface area contributed by atoms with Crippen LogP contribution in [0.1, 0.15) is 10.5 Å². The lowest BCUT2D eigenvalue weighted by Gasteiger charge is -2.16. The number of aromatic nitrogens is 3. The molecule has 17 heavy (non-hydrogen) atoms. The van der Waals surface area contributed by atoms with E-state index in [0.29, 0.717) is 17.2 Å². The Morgan fingerprint density at radius 2 is 2.29 bits per heavy atom. The average Bonchev–Trinajstić information content (AvgIpc) is 2.76. The summed E-state index contributed by atoms with van der Waals surface area (Å²) in [5.41, 5.74) is 2.52. The lowest BCUT2D eigenvalue weighted by molar-refractivity contribution is 0.102. The minimum absolute atomic E-state index is 0.137. The van der Waals surface area contributed by atoms with Gasteiger partial charge in [-0.15, -0.1) is 11.3 Å². The lowest BCUT2D eigenvalue weighted by Crippen LogP contribution is -2.11. The largest absolute Gasteiger partial charge is 0.317 e. The van der Waals surface area contributed by atoms with Crippen molar-refractivity contribution < 1.29 is 4.79 Å². The summed E-state index contributed by atoms with van der Waals surface area (Å²) >= 11 is 7.13. The smallest absolute Gasteiger partial charge is 0.277 e. The number of hydrogen-bond acceptors (Lipinski definition) is 6. The Hall–Kier alpha value is -1.73. The summed E-state index contributed by atoms with van der Waals surface area (Å²) in [5, 5.41) is 3.57. The van der Waals surface area contributed by atoms with Crippen LogP contribution in [0.15, 0.2) is 11.7 Å². The Bertz CT molecular complexity index is 613. The fourth-order valence-electron chi connectivity index (χ4n) is 1.61. The number of nitrogens with one attached hydrogen (secondary N) is 1. The molecule has 1 N–H and O–H groups in total. The van der Waals surface area contributed by atoms with Gasteiger partial charge in [-0.2, -0.15) is 4.98 Å². The van der Waals surface area contributed by atoms with E-state index in [1.54, 1.807) is 17.5 Å². The van der Waals surface area contributed by atoms with Gasteiger partial charge >= 0.3 is 0 Å². The van der Waals surface area contributed by atoms with E-state index in [-0.39, 0.29) is 11.2 Å². The standard InChI is InChI=1S/C9H6ClN5OS/c1-15-6-4(2-11-9(10)14-6)13-7(16)5-8(15)17-3-12-5/h2-3H,1H3,(H,13,16). The first-order valence-electron chi connectivity index (χ1n) is 4.68. The summed E-state index contributed by atoms with van der Waals surface area (Å²) < 4.78 is 0. The van der Waals surface area contributed by atoms with Crippen LogP contribution in [0.3, 0.4) is 0 Å². The van der Waals surface area contributed by atoms with Crippen molar-refractivity contribution in [2.24, 2.45) is 0 Å². The van der Waals surface area contributed by atoms with Gasteiger partial charge in [0.2, 0.25) is 5.28 Å². The summed E-state index contributed by atoms with van der Waals surface area (Å²) in [7, 11) is 1.81. The third kappa shape index (κ3) is 1.55. The van der Waals surface area contributed by atoms with Gasteiger partial charge in [0.25, 0.3) is 5.91 Å². The molecule has 0 atom stereocenters. The number of carbonyl (C=O) groups excluding carboxylic acids is 1. The van der Waals surface area contributed by atoms with Crippen LogP contribution >= 0.6 is 22.9 Å². The number of halogens is 1. The highest BCUT2D eigenvalue weighted by molar-refractivity contribution is 7.14. The van der Waals surface area contributed by atoms with Crippen molar-refractivity contribution in [3.8, 4) is 0 Å². The van der Waals surface area contributed by atoms with Crippen LogP contribution in [-0.4, -0.2) is 27.9 Å². The predicted octanol–water partition coefficient (Wildman–Crippen LogP) is 1.92. The zero-order valence-electron chi connectivity index (χ0n) is 8.64. The topological polar surface area (TPSA) is 71.0 Å². The molecule has 3 heterocycles. The molecule has 1 aliphatic heterocycles. The van der Waals surface area contributed by atoms with E-state index in [1.807, 2.05) is 0 Å². The van der Waals surface area contributed by atoms with E-state index in [9.17, 15) is 4.79 Å². The second-order valence-corrected chi connectivity index (χ2v) is 4.57. The van der Waals surface area contributed by atoms with Crippen molar-refractivity contribution in [2.75, 3.05) is 17.3 Å². The van der Waals surface area contributed by atoms with Crippen LogP contribution in [0, 0.1) is 0 Å². The summed E-state index contributed by atoms with van der Waals surface area (Å²) in [5.74, 6) is 0.291. The number of rotatable bonds is 0. The van der Waals surface area contributed by atoms with Crippen LogP contribution < -0.4 is 10.2 Å². The SMILES string of the molecule is CN1c2nc(Cl)ncc2NC(=O)c2ncsc21. The molecule has 2 aromatic heterocycles. The van der Waals surface area contributed by atoms with E-state index in [2.05, 4.69) is 20.3 Å². The second-order valence-electron chi connectivity index (χ2n) is 3.40. The van der Waals surface area contributed by atoms with Crippen molar-refractivity contribution in [1.29, 1.82) is 0 Å². The molecule has 1 aliphatic rings. The van der Waals surface area contributed by atoms with Crippen LogP contribution in [0.25, 0.3) is 0 Å². The van der Waals surface area contributed by atoms with E-state index in [1.165, 1.54) is 17.5 Å². The summed E-state index contributed by atoms with van der Waals surface area (Å²) in [4.78, 5) is 25.6. The van der Waals surface area contributed by atoms with Crippen LogP contribution in [0.4, 0.5) is 16.5 Å². The maximum absolute atomic E-state index is 11.9. The van der Waals surface area contributed by atoms with Gasteiger partial charge in [-0.25, -0.2) is 9.97 Å². The zero-order chi connectivity index (χ0) is 12.0. The summed E-state index contributed by atoms with van der Waals surface area (Å²) in [6.45, 7) is 0. The molecule has 0 aromatic carbocycles. The first-order valence-corrected chi connectivity index (χ1v) is 5.93. The van der Waals surface area contributed by atoms with Gasteiger partial charge in [0, 0.05) is 7.05 Å². The Labute approximate surface area is 105 Å². The maximum Gasteiger partial charge on any atom is 0.277 e. The zero-order valence-corrected chi connectivity index (χ0v) is 10.2. The molecule has 2 aromatic rings. The molecule has 0 spiro atoms. The monoisotopic (exact) mass is 267 g/mol. The van der Waals surface area contributed by atoms with Gasteiger partial charge < -0.3 is 10.2 Å². The van der Waals surface area contributed by atoms with Gasteiger partial charge in [-0.3, -0.25) is 4.79 Å². The molecule has 0 unspecified atom stereocenters. The first-order chi connectivity index (χ1) is 8.16. The van der Waals surface area contributed by atoms with Crippen molar-refractivity contribution in [3.05, 3.63) is 22.7 Å². The fraction of sp³-hybridized carbons (Fsp3) is 0.111. The van der Waals surface area contributed by atoms with Crippen LogP contribution in [0.2, 0.25) is 5.28 Å². The van der Waals surface area contributed by atoms with Crippen LogP contribution in [0.5, 0.6) is 0 Å². The third-order valence-electron chi connectivity index (χ3n) is 2.37. The maximum atomic E-state index is 11.9. The van der Waals surface area contributed by atoms with Crippen molar-refractivity contribution >= 4 is 45.4 Å². The quantitative estimate of drug-likeness (QED) is 0.739. The lowest BCUT2D eigenvalue weighted by atomic mass is 10.4. The molecule has 0 aliphatic carbocycles. The van der Waals surface area contributed by atoms with Gasteiger partial charge in [0.15, 0.2) is 11.5 Å². The van der Waals surface area contributed by atoms with E-state index in [0.717, 1.165) is 5.00 Å². The summed E-state index contributed by atoms with van der Waals surface area (Å²) in [6.07, 6.45) is 1.48. The van der Waals surface area contributed by atoms with Crippen molar-refractivity contribution in [1.82, 2.24) is 15.0 Å². The average molecular weight is 268 g/mol. The normalized spacial score (nSPS) is 13.8. The van der Waals surface area contributed by atoms with E-state index in [4.69, 9.17) is 11.6 Å². The number of nitrogens with zero attached hydrogens (tertiary/aromatic N) is 4. The molecule has 1 amide bonds. The number of carbonyl (C=O) groups is 1. The van der Waals surface area contributed by atoms with Gasteiger partial charge in [0.05, 0.1) is 11.7 Å². The van der Waals surface area contributed by atoms with Crippen molar-refractivity contribution in [2.45, 2.75) is 0 Å². The first kappa shape index (κ1) is 10.4. The highest BCUT2D eigenvalue weighted by Crippen LogP contribution is 2.37. The molecule has 0 saturated carbocycles. The number of fused-ring (bicyclic) bond motifs is 2. The third-order valence-corrected chi connectivity index (χ3v) is 3.46. The molecule has 0 fully saturated rings. The summed E-state index contributed by atoms with van der Waals surface area (Å²) in [6, 6.07) is 0. The second kappa shape index (κ2) is 3.64. The molecule has 0 bridgehead atoms. The molecule has 8 heteroatoms. The van der Waals surface area contributed by atoms with E-state index >= 15 is 0 Å². The Morgan fingerprint density at radius 3 is 3.12 bits per heavy atom. The highest BCUT2D eigenvalue weighted by Gasteiger charge is 2.26. The van der Waals surface area contributed by atoms with E-state index < -0.39 is 0 Å². The molecule has 0 radical (unpaired) electrons. The number of hydrogen-bond donors (Lipinski definition) is 1. The van der Waals surface area contributed by atoms with Crippen LogP contribution in [-0.2, 0) is 0 Å². The fourth-order valence-corrected chi connectivity index (χ4v) is 2.50. The molecule has 6 nitrogen and oxygen atoms in total. The van der Waals surface area contributed by atoms with Gasteiger partial charge in [-0.1, -0.05) is 0 Å². The predicted molar refractivity (Wildman–Crippen MR) is 65.2 cm³/mol. The van der Waals surface area contributed by atoms with Gasteiger partial charge in [0.1, 0.15) is 10.7 Å². The highest BCUT2D eigenvalue weighted by atomic mass is 35.5. The van der Waals surface area contributed by atoms with Gasteiger partial charge in [-0.05, 0) is 11.6 Å². The number of amides is 1. The van der Waals surface area contributed by atoms with Crippen molar-refractivity contribution in [3.63, 3.8) is 0 Å². The minimum atomic E-state index is -0.266. The minimum Gasteiger partial charge on any atom is -0.317 e. The molecule has 0 saturated heterocycles. The molecule has 86 valence electrons. The Morgan fingerprint density at radius 1 is 1.47 bits per heavy atom. The Kier molecular flexibility index (Phi) is 2.23. The molecular weight excluding hydrogens is 262 g/mol.